The van der Waals surface area contributed by atoms with E-state index in [2.05, 4.69) is 20.6 Å². The van der Waals surface area contributed by atoms with Crippen molar-refractivity contribution in [2.75, 3.05) is 26.0 Å². The lowest BCUT2D eigenvalue weighted by molar-refractivity contribution is -0.127. The Hall–Kier alpha value is -2.96. The summed E-state index contributed by atoms with van der Waals surface area (Å²) in [5, 5.41) is 6.00. The van der Waals surface area contributed by atoms with Gasteiger partial charge in [-0.25, -0.2) is 9.97 Å². The number of hydrogen-bond acceptors (Lipinski definition) is 5. The van der Waals surface area contributed by atoms with Gasteiger partial charge in [0.2, 0.25) is 5.91 Å². The summed E-state index contributed by atoms with van der Waals surface area (Å²) >= 11 is 0. The number of aryl methyl sites for hydroxylation is 1. The molecule has 7 heteroatoms. The molecule has 26 heavy (non-hydrogen) atoms. The lowest BCUT2D eigenvalue weighted by atomic mass is 10.1. The molecule has 0 aliphatic rings. The SMILES string of the molecule is CCNc1cc(CNC(=O)c2ccc(CC(=O)N(C)C)cc2)nc(C)n1. The minimum Gasteiger partial charge on any atom is -0.370 e. The standard InChI is InChI=1S/C19H25N5O2/c1-5-20-17-11-16(22-13(2)23-17)12-21-19(26)15-8-6-14(7-9-15)10-18(25)24(3)4/h6-9,11H,5,10,12H2,1-4H3,(H,21,26)(H,20,22,23). The molecular weight excluding hydrogens is 330 g/mol. The highest BCUT2D eigenvalue weighted by molar-refractivity contribution is 5.94. The van der Waals surface area contributed by atoms with Crippen molar-refractivity contribution in [1.82, 2.24) is 20.2 Å². The minimum absolute atomic E-state index is 0.0258. The first-order valence-corrected chi connectivity index (χ1v) is 8.54. The number of nitrogens with zero attached hydrogens (tertiary/aromatic N) is 3. The smallest absolute Gasteiger partial charge is 0.251 e. The van der Waals surface area contributed by atoms with Crippen LogP contribution in [0.2, 0.25) is 0 Å². The van der Waals surface area contributed by atoms with Crippen LogP contribution in [0.25, 0.3) is 0 Å². The van der Waals surface area contributed by atoms with Gasteiger partial charge < -0.3 is 15.5 Å². The molecular formula is C19H25N5O2. The zero-order valence-electron chi connectivity index (χ0n) is 15.7. The molecule has 0 spiro atoms. The second-order valence-electron chi connectivity index (χ2n) is 6.17. The zero-order chi connectivity index (χ0) is 19.1. The summed E-state index contributed by atoms with van der Waals surface area (Å²) in [7, 11) is 3.45. The van der Waals surface area contributed by atoms with Crippen molar-refractivity contribution in [1.29, 1.82) is 0 Å². The maximum atomic E-state index is 12.3. The fourth-order valence-electron chi connectivity index (χ4n) is 2.37. The van der Waals surface area contributed by atoms with Gasteiger partial charge in [-0.1, -0.05) is 12.1 Å². The van der Waals surface area contributed by atoms with Crippen LogP contribution in [-0.4, -0.2) is 47.3 Å². The van der Waals surface area contributed by atoms with Gasteiger partial charge in [-0.05, 0) is 31.5 Å². The molecule has 0 bridgehead atoms. The van der Waals surface area contributed by atoms with Crippen LogP contribution in [0, 0.1) is 6.92 Å². The molecule has 7 nitrogen and oxygen atoms in total. The average molecular weight is 355 g/mol. The third kappa shape index (κ3) is 5.54. The summed E-state index contributed by atoms with van der Waals surface area (Å²) in [4.78, 5) is 34.2. The molecule has 2 N–H and O–H groups in total. The number of aromatic nitrogens is 2. The van der Waals surface area contributed by atoms with Crippen LogP contribution in [0.5, 0.6) is 0 Å². The lowest BCUT2D eigenvalue weighted by Crippen LogP contribution is -2.24. The van der Waals surface area contributed by atoms with E-state index in [9.17, 15) is 9.59 Å². The largest absolute Gasteiger partial charge is 0.370 e. The molecule has 0 aliphatic heterocycles. The molecule has 2 rings (SSSR count). The van der Waals surface area contributed by atoms with Gasteiger partial charge in [-0.3, -0.25) is 9.59 Å². The van der Waals surface area contributed by atoms with Crippen molar-refractivity contribution in [2.45, 2.75) is 26.8 Å². The number of hydrogen-bond donors (Lipinski definition) is 2. The number of anilines is 1. The molecule has 1 aromatic heterocycles. The van der Waals surface area contributed by atoms with Crippen LogP contribution in [0.3, 0.4) is 0 Å². The number of amides is 2. The molecule has 1 heterocycles. The third-order valence-corrected chi connectivity index (χ3v) is 3.75. The molecule has 0 saturated carbocycles. The maximum Gasteiger partial charge on any atom is 0.251 e. The Kier molecular flexibility index (Phi) is 6.66. The van der Waals surface area contributed by atoms with Crippen molar-refractivity contribution in [3.63, 3.8) is 0 Å². The van der Waals surface area contributed by atoms with Crippen LogP contribution < -0.4 is 10.6 Å². The van der Waals surface area contributed by atoms with Crippen LogP contribution in [0.1, 0.15) is 34.4 Å². The van der Waals surface area contributed by atoms with E-state index in [1.807, 2.05) is 19.9 Å². The Balaban J connectivity index is 1.96. The monoisotopic (exact) mass is 355 g/mol. The van der Waals surface area contributed by atoms with E-state index < -0.39 is 0 Å². The van der Waals surface area contributed by atoms with Gasteiger partial charge in [-0.15, -0.1) is 0 Å². The van der Waals surface area contributed by atoms with Crippen molar-refractivity contribution in [2.24, 2.45) is 0 Å². The van der Waals surface area contributed by atoms with Gasteiger partial charge in [0.1, 0.15) is 11.6 Å². The predicted molar refractivity (Wildman–Crippen MR) is 101 cm³/mol. The lowest BCUT2D eigenvalue weighted by Gasteiger charge is -2.11. The van der Waals surface area contributed by atoms with Crippen molar-refractivity contribution in [3.8, 4) is 0 Å². The number of carbonyl (C=O) groups is 2. The first-order valence-electron chi connectivity index (χ1n) is 8.54. The molecule has 0 saturated heterocycles. The van der Waals surface area contributed by atoms with Crippen LogP contribution >= 0.6 is 0 Å². The molecule has 0 unspecified atom stereocenters. The molecule has 0 atom stereocenters. The van der Waals surface area contributed by atoms with Gasteiger partial charge in [0, 0.05) is 32.3 Å². The van der Waals surface area contributed by atoms with E-state index >= 15 is 0 Å². The molecule has 138 valence electrons. The van der Waals surface area contributed by atoms with Crippen molar-refractivity contribution < 1.29 is 9.59 Å². The van der Waals surface area contributed by atoms with Crippen LogP contribution in [0.15, 0.2) is 30.3 Å². The molecule has 2 amide bonds. The fourth-order valence-corrected chi connectivity index (χ4v) is 2.37. The average Bonchev–Trinajstić information content (AvgIpc) is 2.60. The highest BCUT2D eigenvalue weighted by Crippen LogP contribution is 2.09. The Morgan fingerprint density at radius 3 is 2.42 bits per heavy atom. The normalized spacial score (nSPS) is 10.3. The highest BCUT2D eigenvalue weighted by Gasteiger charge is 2.09. The Labute approximate surface area is 153 Å². The van der Waals surface area contributed by atoms with Gasteiger partial charge in [0.05, 0.1) is 18.7 Å². The summed E-state index contributed by atoms with van der Waals surface area (Å²) in [6.07, 6.45) is 0.322. The van der Waals surface area contributed by atoms with Gasteiger partial charge in [-0.2, -0.15) is 0 Å². The van der Waals surface area contributed by atoms with Crippen LogP contribution in [0.4, 0.5) is 5.82 Å². The molecule has 0 aliphatic carbocycles. The zero-order valence-corrected chi connectivity index (χ0v) is 15.7. The maximum absolute atomic E-state index is 12.3. The molecule has 0 fully saturated rings. The van der Waals surface area contributed by atoms with E-state index in [-0.39, 0.29) is 11.8 Å². The number of carbonyl (C=O) groups excluding carboxylic acids is 2. The van der Waals surface area contributed by atoms with E-state index in [0.717, 1.165) is 23.6 Å². The minimum atomic E-state index is -0.184. The summed E-state index contributed by atoms with van der Waals surface area (Å²) < 4.78 is 0. The fraction of sp³-hybridized carbons (Fsp3) is 0.368. The van der Waals surface area contributed by atoms with E-state index in [1.54, 1.807) is 43.3 Å². The Bertz CT molecular complexity index is 772. The molecule has 0 radical (unpaired) electrons. The number of likely N-dealkylation sites (N-methyl/N-ethyl adjacent to an activating group) is 1. The van der Waals surface area contributed by atoms with Crippen molar-refractivity contribution in [3.05, 3.63) is 53.0 Å². The second-order valence-corrected chi connectivity index (χ2v) is 6.17. The van der Waals surface area contributed by atoms with Crippen molar-refractivity contribution >= 4 is 17.6 Å². The first-order chi connectivity index (χ1) is 12.4. The summed E-state index contributed by atoms with van der Waals surface area (Å²) in [6, 6.07) is 8.88. The van der Waals surface area contributed by atoms with E-state index in [4.69, 9.17) is 0 Å². The quantitative estimate of drug-likeness (QED) is 0.790. The summed E-state index contributed by atoms with van der Waals surface area (Å²) in [6.45, 7) is 4.90. The molecule has 1 aromatic carbocycles. The Morgan fingerprint density at radius 1 is 1.12 bits per heavy atom. The summed E-state index contributed by atoms with van der Waals surface area (Å²) in [5.74, 6) is 1.25. The number of rotatable bonds is 7. The molecule has 2 aromatic rings. The topological polar surface area (TPSA) is 87.2 Å². The van der Waals surface area contributed by atoms with E-state index in [0.29, 0.717) is 24.4 Å². The Morgan fingerprint density at radius 2 is 1.81 bits per heavy atom. The number of benzene rings is 1. The van der Waals surface area contributed by atoms with Crippen LogP contribution in [-0.2, 0) is 17.8 Å². The van der Waals surface area contributed by atoms with Gasteiger partial charge in [0.15, 0.2) is 0 Å². The van der Waals surface area contributed by atoms with Gasteiger partial charge >= 0.3 is 0 Å². The van der Waals surface area contributed by atoms with E-state index in [1.165, 1.54) is 0 Å². The summed E-state index contributed by atoms with van der Waals surface area (Å²) in [5.41, 5.74) is 2.17. The predicted octanol–water partition coefficient (Wildman–Crippen LogP) is 1.78. The first kappa shape index (κ1) is 19.4. The highest BCUT2D eigenvalue weighted by atomic mass is 16.2. The van der Waals surface area contributed by atoms with Gasteiger partial charge in [0.25, 0.3) is 5.91 Å². The second kappa shape index (κ2) is 8.94. The number of nitrogens with one attached hydrogen (secondary N) is 2. The third-order valence-electron chi connectivity index (χ3n) is 3.75.